The van der Waals surface area contributed by atoms with Gasteiger partial charge in [0.25, 0.3) is 0 Å². The first-order valence-electron chi connectivity index (χ1n) is 7.47. The number of amidine groups is 1. The van der Waals surface area contributed by atoms with Crippen molar-refractivity contribution in [1.29, 1.82) is 0 Å². The Morgan fingerprint density at radius 1 is 1.32 bits per heavy atom. The summed E-state index contributed by atoms with van der Waals surface area (Å²) in [6, 6.07) is 0.759. The van der Waals surface area contributed by atoms with Gasteiger partial charge in [-0.05, 0) is 51.9 Å². The van der Waals surface area contributed by atoms with Crippen LogP contribution >= 0.6 is 0 Å². The maximum absolute atomic E-state index is 8.79. The van der Waals surface area contributed by atoms with Gasteiger partial charge in [-0.2, -0.15) is 0 Å². The smallest absolute Gasteiger partial charge is 0.144 e. The van der Waals surface area contributed by atoms with Crippen molar-refractivity contribution in [2.45, 2.75) is 45.6 Å². The average Bonchev–Trinajstić information content (AvgIpc) is 3.05. The van der Waals surface area contributed by atoms with Crippen LogP contribution in [0.15, 0.2) is 5.16 Å². The molecule has 0 saturated carbocycles. The van der Waals surface area contributed by atoms with Crippen molar-refractivity contribution in [2.24, 2.45) is 16.3 Å². The molecular formula is C14H28N4O. The predicted octanol–water partition coefficient (Wildman–Crippen LogP) is 1.32. The van der Waals surface area contributed by atoms with Gasteiger partial charge in [-0.15, -0.1) is 0 Å². The summed E-state index contributed by atoms with van der Waals surface area (Å²) in [6.07, 6.45) is 4.97. The average molecular weight is 268 g/mol. The van der Waals surface area contributed by atoms with Gasteiger partial charge in [0.15, 0.2) is 0 Å². The molecule has 2 aliphatic rings. The van der Waals surface area contributed by atoms with E-state index in [1.807, 2.05) is 13.8 Å². The molecule has 2 fully saturated rings. The predicted molar refractivity (Wildman–Crippen MR) is 77.5 cm³/mol. The summed E-state index contributed by atoms with van der Waals surface area (Å²) in [5, 5.41) is 11.9. The van der Waals surface area contributed by atoms with Crippen LogP contribution in [0.25, 0.3) is 0 Å². The molecule has 3 N–H and O–H groups in total. The van der Waals surface area contributed by atoms with E-state index in [1.54, 1.807) is 0 Å². The number of likely N-dealkylation sites (tertiary alicyclic amines) is 2. The summed E-state index contributed by atoms with van der Waals surface area (Å²) in [4.78, 5) is 5.17. The number of oxime groups is 1. The number of hydrogen-bond donors (Lipinski definition) is 2. The highest BCUT2D eigenvalue weighted by molar-refractivity contribution is 5.85. The van der Waals surface area contributed by atoms with Gasteiger partial charge < -0.3 is 15.8 Å². The van der Waals surface area contributed by atoms with Crippen LogP contribution in [0.3, 0.4) is 0 Å². The zero-order valence-electron chi connectivity index (χ0n) is 12.3. The van der Waals surface area contributed by atoms with Gasteiger partial charge in [0.05, 0.1) is 0 Å². The lowest BCUT2D eigenvalue weighted by Gasteiger charge is -2.27. The monoisotopic (exact) mass is 268 g/mol. The zero-order valence-corrected chi connectivity index (χ0v) is 12.3. The molecule has 0 spiro atoms. The van der Waals surface area contributed by atoms with Crippen LogP contribution in [-0.2, 0) is 0 Å². The van der Waals surface area contributed by atoms with E-state index >= 15 is 0 Å². The van der Waals surface area contributed by atoms with E-state index in [1.165, 1.54) is 45.4 Å². The number of nitrogens with zero attached hydrogens (tertiary/aromatic N) is 3. The van der Waals surface area contributed by atoms with Crippen LogP contribution in [-0.4, -0.2) is 59.6 Å². The van der Waals surface area contributed by atoms with Crippen LogP contribution < -0.4 is 5.73 Å². The summed E-state index contributed by atoms with van der Waals surface area (Å²) in [7, 11) is 0. The summed E-state index contributed by atoms with van der Waals surface area (Å²) < 4.78 is 0. The molecule has 0 aliphatic carbocycles. The third-order valence-electron chi connectivity index (χ3n) is 4.76. The second-order valence-electron chi connectivity index (χ2n) is 6.61. The molecule has 5 heteroatoms. The molecule has 0 amide bonds. The number of rotatable bonds is 5. The third-order valence-corrected chi connectivity index (χ3v) is 4.76. The van der Waals surface area contributed by atoms with Crippen molar-refractivity contribution in [3.05, 3.63) is 0 Å². The fourth-order valence-electron chi connectivity index (χ4n) is 3.12. The highest BCUT2D eigenvalue weighted by Gasteiger charge is 2.31. The van der Waals surface area contributed by atoms with E-state index in [2.05, 4.69) is 15.0 Å². The standard InChI is InChI=1S/C14H28N4O/c1-14(2,13(15)16-19)6-10-17-9-5-12(11-17)18-7-3-4-8-18/h12,19H,3-11H2,1-2H3,(H2,15,16). The van der Waals surface area contributed by atoms with Gasteiger partial charge in [0.1, 0.15) is 5.84 Å². The van der Waals surface area contributed by atoms with Crippen LogP contribution in [0.4, 0.5) is 0 Å². The Labute approximate surface area is 116 Å². The van der Waals surface area contributed by atoms with E-state index in [-0.39, 0.29) is 5.41 Å². The molecule has 0 aromatic heterocycles. The maximum atomic E-state index is 8.79. The highest BCUT2D eigenvalue weighted by atomic mass is 16.4. The van der Waals surface area contributed by atoms with Crippen LogP contribution in [0.5, 0.6) is 0 Å². The molecule has 19 heavy (non-hydrogen) atoms. The third kappa shape index (κ3) is 3.60. The van der Waals surface area contributed by atoms with Crippen LogP contribution in [0, 0.1) is 5.41 Å². The van der Waals surface area contributed by atoms with Gasteiger partial charge in [0, 0.05) is 18.0 Å². The molecule has 0 radical (unpaired) electrons. The Balaban J connectivity index is 1.76. The minimum absolute atomic E-state index is 0.222. The first-order chi connectivity index (χ1) is 9.03. The quantitative estimate of drug-likeness (QED) is 0.342. The lowest BCUT2D eigenvalue weighted by atomic mass is 9.88. The lowest BCUT2D eigenvalue weighted by molar-refractivity contribution is 0.223. The first-order valence-corrected chi connectivity index (χ1v) is 7.47. The van der Waals surface area contributed by atoms with E-state index in [0.717, 1.165) is 19.0 Å². The van der Waals surface area contributed by atoms with Crippen molar-refractivity contribution in [1.82, 2.24) is 9.80 Å². The molecule has 1 unspecified atom stereocenters. The van der Waals surface area contributed by atoms with Crippen molar-refractivity contribution in [3.63, 3.8) is 0 Å². The summed E-state index contributed by atoms with van der Waals surface area (Å²) in [6.45, 7) is 10.1. The van der Waals surface area contributed by atoms with E-state index in [4.69, 9.17) is 10.9 Å². The van der Waals surface area contributed by atoms with Crippen LogP contribution in [0.1, 0.15) is 39.5 Å². The molecule has 2 aliphatic heterocycles. The SMILES string of the molecule is CC(C)(CCN1CCC(N2CCCC2)C1)C(N)=NO. The summed E-state index contributed by atoms with van der Waals surface area (Å²) in [5.41, 5.74) is 5.51. The fourth-order valence-corrected chi connectivity index (χ4v) is 3.12. The Bertz CT molecular complexity index is 323. The zero-order chi connectivity index (χ0) is 13.9. The van der Waals surface area contributed by atoms with Gasteiger partial charge in [-0.1, -0.05) is 19.0 Å². The van der Waals surface area contributed by atoms with Gasteiger partial charge in [-0.3, -0.25) is 4.90 Å². The van der Waals surface area contributed by atoms with Gasteiger partial charge in [0.2, 0.25) is 0 Å². The van der Waals surface area contributed by atoms with Crippen molar-refractivity contribution >= 4 is 5.84 Å². The Morgan fingerprint density at radius 3 is 2.63 bits per heavy atom. The maximum Gasteiger partial charge on any atom is 0.144 e. The Kier molecular flexibility index (Phi) is 4.68. The summed E-state index contributed by atoms with van der Waals surface area (Å²) in [5.74, 6) is 0.336. The first kappa shape index (κ1) is 14.6. The Morgan fingerprint density at radius 2 is 2.00 bits per heavy atom. The topological polar surface area (TPSA) is 65.1 Å². The summed E-state index contributed by atoms with van der Waals surface area (Å²) >= 11 is 0. The number of hydrogen-bond acceptors (Lipinski definition) is 4. The molecule has 110 valence electrons. The van der Waals surface area contributed by atoms with Crippen molar-refractivity contribution in [2.75, 3.05) is 32.7 Å². The van der Waals surface area contributed by atoms with Gasteiger partial charge >= 0.3 is 0 Å². The largest absolute Gasteiger partial charge is 0.409 e. The molecule has 2 saturated heterocycles. The van der Waals surface area contributed by atoms with Crippen molar-refractivity contribution < 1.29 is 5.21 Å². The lowest BCUT2D eigenvalue weighted by Crippen LogP contribution is -2.38. The highest BCUT2D eigenvalue weighted by Crippen LogP contribution is 2.24. The second-order valence-corrected chi connectivity index (χ2v) is 6.61. The molecule has 1 atom stereocenters. The molecule has 0 aromatic carbocycles. The van der Waals surface area contributed by atoms with E-state index < -0.39 is 0 Å². The minimum atomic E-state index is -0.222. The molecule has 2 rings (SSSR count). The fraction of sp³-hybridized carbons (Fsp3) is 0.929. The second kappa shape index (κ2) is 6.09. The number of nitrogens with two attached hydrogens (primary N) is 1. The van der Waals surface area contributed by atoms with Crippen LogP contribution in [0.2, 0.25) is 0 Å². The molecule has 0 bridgehead atoms. The van der Waals surface area contributed by atoms with E-state index in [9.17, 15) is 0 Å². The molecular weight excluding hydrogens is 240 g/mol. The van der Waals surface area contributed by atoms with Gasteiger partial charge in [-0.25, -0.2) is 0 Å². The Hall–Kier alpha value is -0.810. The normalized spacial score (nSPS) is 27.3. The molecule has 0 aromatic rings. The molecule has 5 nitrogen and oxygen atoms in total. The minimum Gasteiger partial charge on any atom is -0.409 e. The van der Waals surface area contributed by atoms with Crippen molar-refractivity contribution in [3.8, 4) is 0 Å². The van der Waals surface area contributed by atoms with E-state index in [0.29, 0.717) is 5.84 Å². The molecule has 2 heterocycles.